The monoisotopic (exact) mass is 339 g/mol. The lowest BCUT2D eigenvalue weighted by Crippen LogP contribution is -2.04. The van der Waals surface area contributed by atoms with Gasteiger partial charge in [-0.25, -0.2) is 0 Å². The molecule has 0 aromatic heterocycles. The maximum atomic E-state index is 12.8. The van der Waals surface area contributed by atoms with E-state index in [1.807, 2.05) is 55.5 Å². The number of rotatable bonds is 2. The minimum Gasteiger partial charge on any atom is -0.399 e. The number of halogens is 1. The van der Waals surface area contributed by atoms with Gasteiger partial charge in [0.15, 0.2) is 5.78 Å². The fourth-order valence-corrected chi connectivity index (χ4v) is 3.04. The molecule has 0 atom stereocenters. The van der Waals surface area contributed by atoms with Gasteiger partial charge < -0.3 is 5.73 Å². The van der Waals surface area contributed by atoms with Crippen LogP contribution in [0.25, 0.3) is 10.8 Å². The summed E-state index contributed by atoms with van der Waals surface area (Å²) in [6, 6.07) is 17.1. The number of nitrogens with two attached hydrogens (primary N) is 1. The molecule has 2 N–H and O–H groups in total. The second kappa shape index (κ2) is 5.34. The molecule has 0 aliphatic carbocycles. The van der Waals surface area contributed by atoms with Crippen LogP contribution in [0, 0.1) is 6.92 Å². The van der Waals surface area contributed by atoms with Gasteiger partial charge in [0, 0.05) is 21.3 Å². The minimum atomic E-state index is -0.00546. The van der Waals surface area contributed by atoms with Gasteiger partial charge in [-0.1, -0.05) is 40.2 Å². The van der Waals surface area contributed by atoms with E-state index in [0.717, 1.165) is 20.8 Å². The molecule has 3 aromatic carbocycles. The zero-order chi connectivity index (χ0) is 15.0. The molecule has 0 spiro atoms. The summed E-state index contributed by atoms with van der Waals surface area (Å²) in [6.07, 6.45) is 0. The normalized spacial score (nSPS) is 10.8. The van der Waals surface area contributed by atoms with Crippen LogP contribution in [0.15, 0.2) is 59.1 Å². The van der Waals surface area contributed by atoms with Crippen LogP contribution in [-0.4, -0.2) is 5.78 Å². The van der Waals surface area contributed by atoms with Crippen LogP contribution in [0.2, 0.25) is 0 Å². The fraction of sp³-hybridized carbons (Fsp3) is 0.0556. The Kier molecular flexibility index (Phi) is 3.52. The van der Waals surface area contributed by atoms with Gasteiger partial charge in [0.25, 0.3) is 0 Å². The van der Waals surface area contributed by atoms with Crippen molar-refractivity contribution in [1.29, 1.82) is 0 Å². The Morgan fingerprint density at radius 1 is 1.00 bits per heavy atom. The van der Waals surface area contributed by atoms with Gasteiger partial charge in [0.2, 0.25) is 0 Å². The number of carbonyl (C=O) groups is 1. The number of carbonyl (C=O) groups excluding carboxylic acids is 1. The molecule has 0 aliphatic rings. The van der Waals surface area contributed by atoms with Gasteiger partial charge in [0.05, 0.1) is 0 Å². The smallest absolute Gasteiger partial charge is 0.193 e. The van der Waals surface area contributed by atoms with Crippen molar-refractivity contribution < 1.29 is 4.79 Å². The average Bonchev–Trinajstić information content (AvgIpc) is 2.46. The van der Waals surface area contributed by atoms with E-state index in [4.69, 9.17) is 5.73 Å². The molecule has 0 unspecified atom stereocenters. The summed E-state index contributed by atoms with van der Waals surface area (Å²) in [7, 11) is 0. The van der Waals surface area contributed by atoms with E-state index in [2.05, 4.69) is 15.9 Å². The van der Waals surface area contributed by atoms with Crippen LogP contribution >= 0.6 is 15.9 Å². The van der Waals surface area contributed by atoms with Gasteiger partial charge >= 0.3 is 0 Å². The number of anilines is 1. The lowest BCUT2D eigenvalue weighted by Gasteiger charge is -2.09. The third kappa shape index (κ3) is 2.57. The summed E-state index contributed by atoms with van der Waals surface area (Å²) < 4.78 is 0.985. The first-order valence-corrected chi connectivity index (χ1v) is 7.44. The number of nitrogen functional groups attached to an aromatic ring is 1. The summed E-state index contributed by atoms with van der Waals surface area (Å²) in [5.74, 6) is -0.00546. The summed E-state index contributed by atoms with van der Waals surface area (Å²) in [5, 5.41) is 1.97. The molecule has 3 aromatic rings. The molecule has 0 bridgehead atoms. The number of hydrogen-bond acceptors (Lipinski definition) is 2. The quantitative estimate of drug-likeness (QED) is 0.542. The number of benzene rings is 3. The topological polar surface area (TPSA) is 43.1 Å². The molecule has 0 fully saturated rings. The first-order valence-electron chi connectivity index (χ1n) is 6.65. The van der Waals surface area contributed by atoms with E-state index < -0.39 is 0 Å². The lowest BCUT2D eigenvalue weighted by molar-refractivity contribution is 0.104. The molecule has 104 valence electrons. The molecule has 0 aliphatic heterocycles. The highest BCUT2D eigenvalue weighted by Gasteiger charge is 2.14. The maximum absolute atomic E-state index is 12.8. The largest absolute Gasteiger partial charge is 0.399 e. The van der Waals surface area contributed by atoms with Gasteiger partial charge in [-0.3, -0.25) is 4.79 Å². The third-order valence-electron chi connectivity index (χ3n) is 3.48. The standard InChI is InChI=1S/C18H14BrNO/c1-11-8-12(10-13(20)9-11)18(21)16-6-7-17(19)15-5-3-2-4-14(15)16/h2-10H,20H2,1H3. The number of aryl methyl sites for hydroxylation is 1. The van der Waals surface area contributed by atoms with Crippen molar-refractivity contribution in [3.63, 3.8) is 0 Å². The van der Waals surface area contributed by atoms with Crippen LogP contribution in [0.3, 0.4) is 0 Å². The molecule has 0 saturated heterocycles. The Balaban J connectivity index is 2.20. The molecule has 3 rings (SSSR count). The highest BCUT2D eigenvalue weighted by Crippen LogP contribution is 2.28. The Bertz CT molecular complexity index is 835. The molecule has 3 heteroatoms. The average molecular weight is 340 g/mol. The van der Waals surface area contributed by atoms with Crippen molar-refractivity contribution in [3.05, 3.63) is 75.8 Å². The Labute approximate surface area is 131 Å². The SMILES string of the molecule is Cc1cc(N)cc(C(=O)c2ccc(Br)c3ccccc23)c1. The van der Waals surface area contributed by atoms with Crippen LogP contribution in [0.5, 0.6) is 0 Å². The minimum absolute atomic E-state index is 0.00546. The zero-order valence-corrected chi connectivity index (χ0v) is 13.1. The highest BCUT2D eigenvalue weighted by atomic mass is 79.9. The summed E-state index contributed by atoms with van der Waals surface area (Å²) in [5.41, 5.74) is 8.77. The van der Waals surface area contributed by atoms with Crippen molar-refractivity contribution in [2.45, 2.75) is 6.92 Å². The van der Waals surface area contributed by atoms with E-state index >= 15 is 0 Å². The summed E-state index contributed by atoms with van der Waals surface area (Å²) >= 11 is 3.53. The summed E-state index contributed by atoms with van der Waals surface area (Å²) in [6.45, 7) is 1.94. The first-order chi connectivity index (χ1) is 10.1. The fourth-order valence-electron chi connectivity index (χ4n) is 2.56. The molecular weight excluding hydrogens is 326 g/mol. The van der Waals surface area contributed by atoms with Crippen molar-refractivity contribution in [3.8, 4) is 0 Å². The van der Waals surface area contributed by atoms with Crippen LogP contribution in [0.1, 0.15) is 21.5 Å². The van der Waals surface area contributed by atoms with Crippen molar-refractivity contribution in [2.24, 2.45) is 0 Å². The van der Waals surface area contributed by atoms with E-state index in [9.17, 15) is 4.79 Å². The Morgan fingerprint density at radius 2 is 1.71 bits per heavy atom. The third-order valence-corrected chi connectivity index (χ3v) is 4.17. The highest BCUT2D eigenvalue weighted by molar-refractivity contribution is 9.10. The van der Waals surface area contributed by atoms with Gasteiger partial charge in [0.1, 0.15) is 0 Å². The van der Waals surface area contributed by atoms with E-state index in [-0.39, 0.29) is 5.78 Å². The number of hydrogen-bond donors (Lipinski definition) is 1. The Hall–Kier alpha value is -2.13. The van der Waals surface area contributed by atoms with Gasteiger partial charge in [-0.05, 0) is 53.6 Å². The Morgan fingerprint density at radius 3 is 2.43 bits per heavy atom. The second-order valence-electron chi connectivity index (χ2n) is 5.10. The van der Waals surface area contributed by atoms with E-state index in [1.165, 1.54) is 0 Å². The van der Waals surface area contributed by atoms with Crippen LogP contribution in [-0.2, 0) is 0 Å². The zero-order valence-electron chi connectivity index (χ0n) is 11.6. The van der Waals surface area contributed by atoms with Gasteiger partial charge in [-0.2, -0.15) is 0 Å². The first kappa shape index (κ1) is 13.8. The predicted molar refractivity (Wildman–Crippen MR) is 90.7 cm³/mol. The molecule has 0 radical (unpaired) electrons. The second-order valence-corrected chi connectivity index (χ2v) is 5.96. The summed E-state index contributed by atoms with van der Waals surface area (Å²) in [4.78, 5) is 12.8. The van der Waals surface area contributed by atoms with E-state index in [1.54, 1.807) is 6.07 Å². The van der Waals surface area contributed by atoms with Crippen molar-refractivity contribution in [2.75, 3.05) is 5.73 Å². The maximum Gasteiger partial charge on any atom is 0.193 e. The number of fused-ring (bicyclic) bond motifs is 1. The molecule has 2 nitrogen and oxygen atoms in total. The predicted octanol–water partition coefficient (Wildman–Crippen LogP) is 4.72. The molecular formula is C18H14BrNO. The molecule has 0 heterocycles. The molecule has 0 amide bonds. The number of ketones is 1. The lowest BCUT2D eigenvalue weighted by atomic mass is 9.96. The van der Waals surface area contributed by atoms with Crippen LogP contribution in [0.4, 0.5) is 5.69 Å². The van der Waals surface area contributed by atoms with E-state index in [0.29, 0.717) is 16.8 Å². The van der Waals surface area contributed by atoms with Crippen LogP contribution < -0.4 is 5.73 Å². The molecule has 21 heavy (non-hydrogen) atoms. The molecule has 0 saturated carbocycles. The van der Waals surface area contributed by atoms with Crippen molar-refractivity contribution in [1.82, 2.24) is 0 Å². The van der Waals surface area contributed by atoms with Crippen molar-refractivity contribution >= 4 is 38.2 Å². The van der Waals surface area contributed by atoms with Gasteiger partial charge in [-0.15, -0.1) is 0 Å².